The normalized spacial score (nSPS) is 20.3. The molecule has 3 rings (SSSR count). The Balaban J connectivity index is 1.74. The molecule has 2 nitrogen and oxygen atoms in total. The first-order chi connectivity index (χ1) is 8.72. The molecule has 2 aliphatic rings. The maximum atomic E-state index is 9.56. The van der Waals surface area contributed by atoms with Gasteiger partial charge >= 0.3 is 0 Å². The quantitative estimate of drug-likeness (QED) is 0.881. The van der Waals surface area contributed by atoms with Gasteiger partial charge in [-0.3, -0.25) is 0 Å². The number of benzene rings is 1. The summed E-state index contributed by atoms with van der Waals surface area (Å²) in [6.45, 7) is 1.32. The Morgan fingerprint density at radius 2 is 1.94 bits per heavy atom. The third-order valence-corrected chi connectivity index (χ3v) is 4.85. The van der Waals surface area contributed by atoms with Crippen molar-refractivity contribution in [3.8, 4) is 0 Å². The standard InChI is InChI=1S/C16H23NO/c1-17(11-16(12-18)8-3-9-16)15-7-6-13-4-2-5-14(13)10-15/h6-7,10,18H,2-5,8-9,11-12H2,1H3. The Morgan fingerprint density at radius 1 is 1.17 bits per heavy atom. The van der Waals surface area contributed by atoms with Gasteiger partial charge in [-0.2, -0.15) is 0 Å². The number of hydrogen-bond acceptors (Lipinski definition) is 2. The molecule has 0 heterocycles. The molecule has 2 heteroatoms. The number of aliphatic hydroxyl groups excluding tert-OH is 1. The van der Waals surface area contributed by atoms with Crippen LogP contribution in [-0.4, -0.2) is 25.3 Å². The minimum absolute atomic E-state index is 0.174. The molecule has 0 unspecified atom stereocenters. The van der Waals surface area contributed by atoms with Crippen molar-refractivity contribution >= 4 is 5.69 Å². The summed E-state index contributed by atoms with van der Waals surface area (Å²) in [6, 6.07) is 6.89. The summed E-state index contributed by atoms with van der Waals surface area (Å²) < 4.78 is 0. The summed E-state index contributed by atoms with van der Waals surface area (Å²) in [5.74, 6) is 0. The van der Waals surface area contributed by atoms with E-state index in [0.717, 1.165) is 6.54 Å². The van der Waals surface area contributed by atoms with Crippen molar-refractivity contribution in [3.05, 3.63) is 29.3 Å². The van der Waals surface area contributed by atoms with E-state index in [0.29, 0.717) is 6.61 Å². The third-order valence-electron chi connectivity index (χ3n) is 4.85. The minimum atomic E-state index is 0.174. The zero-order valence-electron chi connectivity index (χ0n) is 11.3. The number of rotatable bonds is 4. The third kappa shape index (κ3) is 2.03. The van der Waals surface area contributed by atoms with Gasteiger partial charge in [0.05, 0.1) is 6.61 Å². The fourth-order valence-corrected chi connectivity index (χ4v) is 3.43. The summed E-state index contributed by atoms with van der Waals surface area (Å²) in [4.78, 5) is 2.33. The number of anilines is 1. The van der Waals surface area contributed by atoms with Crippen LogP contribution in [0.3, 0.4) is 0 Å². The van der Waals surface area contributed by atoms with Crippen LogP contribution in [0.4, 0.5) is 5.69 Å². The van der Waals surface area contributed by atoms with Gasteiger partial charge in [-0.05, 0) is 55.4 Å². The highest BCUT2D eigenvalue weighted by Crippen LogP contribution is 2.41. The Kier molecular flexibility index (Phi) is 3.06. The molecule has 0 radical (unpaired) electrons. The average molecular weight is 245 g/mol. The monoisotopic (exact) mass is 245 g/mol. The van der Waals surface area contributed by atoms with E-state index >= 15 is 0 Å². The maximum Gasteiger partial charge on any atom is 0.0504 e. The summed E-state index contributed by atoms with van der Waals surface area (Å²) in [7, 11) is 2.16. The molecule has 1 saturated carbocycles. The second kappa shape index (κ2) is 4.58. The predicted octanol–water partition coefficient (Wildman–Crippen LogP) is 2.77. The first-order valence-electron chi connectivity index (χ1n) is 7.16. The molecule has 0 atom stereocenters. The van der Waals surface area contributed by atoms with Gasteiger partial charge in [0, 0.05) is 24.7 Å². The summed E-state index contributed by atoms with van der Waals surface area (Å²) >= 11 is 0. The fraction of sp³-hybridized carbons (Fsp3) is 0.625. The summed E-state index contributed by atoms with van der Waals surface area (Å²) in [6.07, 6.45) is 7.43. The Morgan fingerprint density at radius 3 is 2.61 bits per heavy atom. The molecule has 0 saturated heterocycles. The van der Waals surface area contributed by atoms with Gasteiger partial charge in [0.1, 0.15) is 0 Å². The van der Waals surface area contributed by atoms with Crippen LogP contribution < -0.4 is 4.90 Å². The van der Waals surface area contributed by atoms with E-state index < -0.39 is 0 Å². The van der Waals surface area contributed by atoms with E-state index in [-0.39, 0.29) is 5.41 Å². The van der Waals surface area contributed by atoms with Gasteiger partial charge in [0.2, 0.25) is 0 Å². The SMILES string of the molecule is CN(CC1(CO)CCC1)c1ccc2c(c1)CCC2. The van der Waals surface area contributed by atoms with Crippen LogP contribution in [0.1, 0.15) is 36.8 Å². The van der Waals surface area contributed by atoms with E-state index in [1.54, 1.807) is 0 Å². The highest BCUT2D eigenvalue weighted by molar-refractivity contribution is 5.52. The molecular weight excluding hydrogens is 222 g/mol. The highest BCUT2D eigenvalue weighted by Gasteiger charge is 2.37. The van der Waals surface area contributed by atoms with Crippen LogP contribution in [0.25, 0.3) is 0 Å². The van der Waals surface area contributed by atoms with Crippen LogP contribution in [0.2, 0.25) is 0 Å². The molecule has 0 amide bonds. The number of hydrogen-bond donors (Lipinski definition) is 1. The Hall–Kier alpha value is -1.02. The molecular formula is C16H23NO. The fourth-order valence-electron chi connectivity index (χ4n) is 3.43. The number of aliphatic hydroxyl groups is 1. The van der Waals surface area contributed by atoms with Gasteiger partial charge in [-0.15, -0.1) is 0 Å². The van der Waals surface area contributed by atoms with Crippen LogP contribution in [0.5, 0.6) is 0 Å². The topological polar surface area (TPSA) is 23.5 Å². The summed E-state index contributed by atoms with van der Waals surface area (Å²) in [5, 5.41) is 9.56. The highest BCUT2D eigenvalue weighted by atomic mass is 16.3. The van der Waals surface area contributed by atoms with Crippen LogP contribution in [-0.2, 0) is 12.8 Å². The van der Waals surface area contributed by atoms with E-state index in [1.807, 2.05) is 0 Å². The van der Waals surface area contributed by atoms with Gasteiger partial charge in [-0.1, -0.05) is 12.5 Å². The Bertz CT molecular complexity index is 431. The lowest BCUT2D eigenvalue weighted by Gasteiger charge is -2.43. The molecule has 0 aliphatic heterocycles. The van der Waals surface area contributed by atoms with Crippen LogP contribution >= 0.6 is 0 Å². The van der Waals surface area contributed by atoms with Crippen molar-refractivity contribution in [2.24, 2.45) is 5.41 Å². The van der Waals surface area contributed by atoms with Crippen molar-refractivity contribution in [1.82, 2.24) is 0 Å². The Labute approximate surface area is 110 Å². The lowest BCUT2D eigenvalue weighted by atomic mass is 9.69. The van der Waals surface area contributed by atoms with Crippen molar-refractivity contribution < 1.29 is 5.11 Å². The van der Waals surface area contributed by atoms with Gasteiger partial charge in [-0.25, -0.2) is 0 Å². The minimum Gasteiger partial charge on any atom is -0.396 e. The number of aryl methyl sites for hydroxylation is 2. The first-order valence-corrected chi connectivity index (χ1v) is 7.16. The molecule has 0 aromatic heterocycles. The maximum absolute atomic E-state index is 9.56. The molecule has 1 aromatic rings. The molecule has 0 bridgehead atoms. The summed E-state index contributed by atoms with van der Waals surface area (Å²) in [5.41, 5.74) is 4.56. The second-order valence-electron chi connectivity index (χ2n) is 6.17. The molecule has 18 heavy (non-hydrogen) atoms. The van der Waals surface area contributed by atoms with Crippen molar-refractivity contribution in [2.45, 2.75) is 38.5 Å². The molecule has 2 aliphatic carbocycles. The number of fused-ring (bicyclic) bond motifs is 1. The van der Waals surface area contributed by atoms with Crippen LogP contribution in [0.15, 0.2) is 18.2 Å². The largest absolute Gasteiger partial charge is 0.396 e. The van der Waals surface area contributed by atoms with Gasteiger partial charge < -0.3 is 10.0 Å². The predicted molar refractivity (Wildman–Crippen MR) is 75.1 cm³/mol. The van der Waals surface area contributed by atoms with E-state index in [4.69, 9.17) is 0 Å². The lowest BCUT2D eigenvalue weighted by Crippen LogP contribution is -2.43. The van der Waals surface area contributed by atoms with Gasteiger partial charge in [0.15, 0.2) is 0 Å². The lowest BCUT2D eigenvalue weighted by molar-refractivity contribution is 0.0524. The van der Waals surface area contributed by atoms with Crippen molar-refractivity contribution in [2.75, 3.05) is 25.1 Å². The molecule has 1 N–H and O–H groups in total. The molecule has 1 fully saturated rings. The van der Waals surface area contributed by atoms with E-state index in [2.05, 4.69) is 30.1 Å². The van der Waals surface area contributed by atoms with Crippen LogP contribution in [0, 0.1) is 5.41 Å². The first kappa shape index (κ1) is 12.0. The smallest absolute Gasteiger partial charge is 0.0504 e. The molecule has 1 aromatic carbocycles. The van der Waals surface area contributed by atoms with E-state index in [1.165, 1.54) is 55.3 Å². The van der Waals surface area contributed by atoms with Gasteiger partial charge in [0.25, 0.3) is 0 Å². The average Bonchev–Trinajstić information content (AvgIpc) is 2.80. The van der Waals surface area contributed by atoms with Crippen molar-refractivity contribution in [1.29, 1.82) is 0 Å². The number of nitrogens with zero attached hydrogens (tertiary/aromatic N) is 1. The zero-order chi connectivity index (χ0) is 12.6. The zero-order valence-corrected chi connectivity index (χ0v) is 11.3. The molecule has 0 spiro atoms. The van der Waals surface area contributed by atoms with E-state index in [9.17, 15) is 5.11 Å². The molecule has 98 valence electrons. The second-order valence-corrected chi connectivity index (χ2v) is 6.17. The van der Waals surface area contributed by atoms with Crippen molar-refractivity contribution in [3.63, 3.8) is 0 Å².